The lowest BCUT2D eigenvalue weighted by molar-refractivity contribution is 0.669. The van der Waals surface area contributed by atoms with Gasteiger partial charge in [-0.15, -0.1) is 0 Å². The highest BCUT2D eigenvalue weighted by Gasteiger charge is 2.16. The Morgan fingerprint density at radius 1 is 0.372 bits per heavy atom. The van der Waals surface area contributed by atoms with Crippen molar-refractivity contribution >= 4 is 21.9 Å². The van der Waals surface area contributed by atoms with Crippen molar-refractivity contribution in [1.29, 1.82) is 0 Å². The van der Waals surface area contributed by atoms with Gasteiger partial charge >= 0.3 is 0 Å². The molecule has 4 heterocycles. The Morgan fingerprint density at radius 3 is 1.60 bits per heavy atom. The summed E-state index contributed by atoms with van der Waals surface area (Å²) in [6, 6.07) is 38.5. The summed E-state index contributed by atoms with van der Waals surface area (Å²) in [5, 5.41) is 2.14. The van der Waals surface area contributed by atoms with Crippen molar-refractivity contribution in [1.82, 2.24) is 24.9 Å². The molecule has 0 spiro atoms. The van der Waals surface area contributed by atoms with Gasteiger partial charge in [0, 0.05) is 63.4 Å². The fraction of sp³-hybridized carbons (Fsp3) is 0. The number of pyridine rings is 2. The topological polar surface area (TPSA) is 77.6 Å². The molecule has 8 aromatic rings. The molecule has 0 saturated carbocycles. The van der Waals surface area contributed by atoms with Crippen LogP contribution >= 0.6 is 0 Å². The summed E-state index contributed by atoms with van der Waals surface area (Å²) >= 11 is 0. The van der Waals surface area contributed by atoms with E-state index >= 15 is 0 Å². The van der Waals surface area contributed by atoms with Gasteiger partial charge in [-0.25, -0.2) is 15.0 Å². The van der Waals surface area contributed by atoms with Crippen LogP contribution in [0, 0.1) is 0 Å². The molecule has 6 nitrogen and oxygen atoms in total. The van der Waals surface area contributed by atoms with Gasteiger partial charge in [0.15, 0.2) is 17.5 Å². The van der Waals surface area contributed by atoms with Crippen molar-refractivity contribution in [3.8, 4) is 56.4 Å². The summed E-state index contributed by atoms with van der Waals surface area (Å²) in [7, 11) is 0. The van der Waals surface area contributed by atoms with Crippen LogP contribution in [0.25, 0.3) is 78.4 Å². The first-order valence-corrected chi connectivity index (χ1v) is 14.0. The summed E-state index contributed by atoms with van der Waals surface area (Å²) in [6.07, 6.45) is 7.28. The van der Waals surface area contributed by atoms with E-state index in [0.29, 0.717) is 17.5 Å². The minimum atomic E-state index is 0.570. The van der Waals surface area contributed by atoms with Crippen molar-refractivity contribution in [3.63, 3.8) is 0 Å². The van der Waals surface area contributed by atoms with Gasteiger partial charge in [0.2, 0.25) is 0 Å². The van der Waals surface area contributed by atoms with E-state index in [9.17, 15) is 0 Å². The molecular formula is C37H23N5O. The van der Waals surface area contributed by atoms with E-state index in [2.05, 4.69) is 52.4 Å². The molecule has 6 heteroatoms. The minimum absolute atomic E-state index is 0.570. The maximum atomic E-state index is 6.19. The predicted molar refractivity (Wildman–Crippen MR) is 170 cm³/mol. The Kier molecular flexibility index (Phi) is 6.01. The van der Waals surface area contributed by atoms with Crippen molar-refractivity contribution in [2.24, 2.45) is 0 Å². The molecule has 0 aliphatic rings. The molecule has 0 saturated heterocycles. The lowest BCUT2D eigenvalue weighted by Crippen LogP contribution is -2.00. The Labute approximate surface area is 247 Å². The van der Waals surface area contributed by atoms with Crippen LogP contribution < -0.4 is 0 Å². The third-order valence-electron chi connectivity index (χ3n) is 7.49. The number of para-hydroxylation sites is 1. The van der Waals surface area contributed by atoms with E-state index < -0.39 is 0 Å². The standard InChI is InChI=1S/C37H23N5O/c1-2-8-24(9-3-1)35-40-36(25-14-15-32-31-12-4-5-13-33(31)43-34(32)21-25)42-37(41-35)30-19-28(26-10-6-16-38-22-26)18-29(20-30)27-11-7-17-39-23-27/h1-23H. The number of benzene rings is 4. The Hall–Kier alpha value is -6.01. The maximum Gasteiger partial charge on any atom is 0.164 e. The zero-order valence-electron chi connectivity index (χ0n) is 22.9. The summed E-state index contributed by atoms with van der Waals surface area (Å²) in [4.78, 5) is 23.7. The Bertz CT molecular complexity index is 2170. The third-order valence-corrected chi connectivity index (χ3v) is 7.49. The number of hydrogen-bond donors (Lipinski definition) is 0. The first-order chi connectivity index (χ1) is 21.3. The van der Waals surface area contributed by atoms with Gasteiger partial charge in [0.05, 0.1) is 0 Å². The SMILES string of the molecule is c1ccc(-c2nc(-c3cc(-c4cccnc4)cc(-c4cccnc4)c3)nc(-c3ccc4c(c3)oc3ccccc34)n2)cc1. The highest BCUT2D eigenvalue weighted by atomic mass is 16.3. The van der Waals surface area contributed by atoms with Gasteiger partial charge in [-0.05, 0) is 59.7 Å². The quantitative estimate of drug-likeness (QED) is 0.212. The van der Waals surface area contributed by atoms with E-state index in [-0.39, 0.29) is 0 Å². The number of fused-ring (bicyclic) bond motifs is 3. The van der Waals surface area contributed by atoms with Gasteiger partial charge in [0.25, 0.3) is 0 Å². The fourth-order valence-electron chi connectivity index (χ4n) is 5.37. The van der Waals surface area contributed by atoms with E-state index in [1.807, 2.05) is 85.2 Å². The molecule has 0 atom stereocenters. The molecule has 202 valence electrons. The number of hydrogen-bond acceptors (Lipinski definition) is 6. The number of nitrogens with zero attached hydrogens (tertiary/aromatic N) is 5. The molecule has 4 aromatic carbocycles. The smallest absolute Gasteiger partial charge is 0.164 e. The molecule has 8 rings (SSSR count). The molecule has 0 aliphatic carbocycles. The molecule has 0 fully saturated rings. The summed E-state index contributed by atoms with van der Waals surface area (Å²) in [5.41, 5.74) is 8.30. The molecule has 0 unspecified atom stereocenters. The number of aromatic nitrogens is 5. The summed E-state index contributed by atoms with van der Waals surface area (Å²) in [6.45, 7) is 0. The number of furan rings is 1. The Balaban J connectivity index is 1.34. The van der Waals surface area contributed by atoms with E-state index in [0.717, 1.165) is 60.9 Å². The van der Waals surface area contributed by atoms with E-state index in [1.165, 1.54) is 0 Å². The van der Waals surface area contributed by atoms with E-state index in [1.54, 1.807) is 12.4 Å². The lowest BCUT2D eigenvalue weighted by Gasteiger charge is -2.12. The molecule has 4 aromatic heterocycles. The van der Waals surface area contributed by atoms with Crippen LogP contribution in [0.15, 0.2) is 144 Å². The average molecular weight is 554 g/mol. The van der Waals surface area contributed by atoms with Crippen LogP contribution in [-0.4, -0.2) is 24.9 Å². The van der Waals surface area contributed by atoms with Crippen LogP contribution in [0.3, 0.4) is 0 Å². The first-order valence-electron chi connectivity index (χ1n) is 14.0. The molecule has 0 N–H and O–H groups in total. The summed E-state index contributed by atoms with van der Waals surface area (Å²) < 4.78 is 6.19. The predicted octanol–water partition coefficient (Wildman–Crippen LogP) is 8.90. The second-order valence-electron chi connectivity index (χ2n) is 10.3. The molecule has 0 bridgehead atoms. The van der Waals surface area contributed by atoms with Gasteiger partial charge in [-0.3, -0.25) is 9.97 Å². The van der Waals surface area contributed by atoms with Crippen molar-refractivity contribution in [2.45, 2.75) is 0 Å². The second-order valence-corrected chi connectivity index (χ2v) is 10.3. The highest BCUT2D eigenvalue weighted by molar-refractivity contribution is 6.05. The third kappa shape index (κ3) is 4.71. The molecule has 0 amide bonds. The zero-order valence-corrected chi connectivity index (χ0v) is 22.9. The van der Waals surface area contributed by atoms with Crippen molar-refractivity contribution in [3.05, 3.63) is 140 Å². The zero-order chi connectivity index (χ0) is 28.6. The largest absolute Gasteiger partial charge is 0.456 e. The van der Waals surface area contributed by atoms with Crippen molar-refractivity contribution < 1.29 is 4.42 Å². The lowest BCUT2D eigenvalue weighted by atomic mass is 9.97. The van der Waals surface area contributed by atoms with Crippen LogP contribution in [0.5, 0.6) is 0 Å². The average Bonchev–Trinajstić information content (AvgIpc) is 3.47. The van der Waals surface area contributed by atoms with E-state index in [4.69, 9.17) is 19.4 Å². The van der Waals surface area contributed by atoms with Gasteiger partial charge in [-0.2, -0.15) is 0 Å². The molecule has 0 radical (unpaired) electrons. The number of rotatable bonds is 5. The first kappa shape index (κ1) is 24.8. The second kappa shape index (κ2) is 10.4. The van der Waals surface area contributed by atoms with Crippen LogP contribution in [0.1, 0.15) is 0 Å². The van der Waals surface area contributed by atoms with Crippen LogP contribution in [0.2, 0.25) is 0 Å². The maximum absolute atomic E-state index is 6.19. The molecule has 43 heavy (non-hydrogen) atoms. The van der Waals surface area contributed by atoms with Gasteiger partial charge in [-0.1, -0.05) is 66.7 Å². The monoisotopic (exact) mass is 553 g/mol. The molecule has 0 aliphatic heterocycles. The highest BCUT2D eigenvalue weighted by Crippen LogP contribution is 2.34. The van der Waals surface area contributed by atoms with Crippen LogP contribution in [-0.2, 0) is 0 Å². The van der Waals surface area contributed by atoms with Crippen LogP contribution in [0.4, 0.5) is 0 Å². The normalized spacial score (nSPS) is 11.3. The summed E-state index contributed by atoms with van der Waals surface area (Å²) in [5.74, 6) is 1.74. The molecular weight excluding hydrogens is 530 g/mol. The Morgan fingerprint density at radius 2 is 0.930 bits per heavy atom. The van der Waals surface area contributed by atoms with Gasteiger partial charge in [0.1, 0.15) is 11.2 Å². The fourth-order valence-corrected chi connectivity index (χ4v) is 5.37. The minimum Gasteiger partial charge on any atom is -0.456 e. The van der Waals surface area contributed by atoms with Gasteiger partial charge < -0.3 is 4.42 Å². The van der Waals surface area contributed by atoms with Crippen molar-refractivity contribution in [2.75, 3.05) is 0 Å².